The number of aromatic nitrogens is 1. The van der Waals surface area contributed by atoms with Crippen LogP contribution in [0, 0.1) is 35.6 Å². The number of hydrogen-bond acceptors (Lipinski definition) is 5. The Morgan fingerprint density at radius 3 is 2.52 bits per heavy atom. The molecule has 3 rings (SSSR count). The van der Waals surface area contributed by atoms with Crippen molar-refractivity contribution in [1.29, 1.82) is 0 Å². The third-order valence-corrected chi connectivity index (χ3v) is 4.75. The van der Waals surface area contributed by atoms with Gasteiger partial charge in [-0.05, 0) is 44.2 Å². The topological polar surface area (TPSA) is 85.1 Å². The van der Waals surface area contributed by atoms with Gasteiger partial charge >= 0.3 is 0 Å². The van der Waals surface area contributed by atoms with Gasteiger partial charge in [-0.25, -0.2) is 13.8 Å². The van der Waals surface area contributed by atoms with Crippen molar-refractivity contribution >= 4 is 28.1 Å². The summed E-state index contributed by atoms with van der Waals surface area (Å²) in [4.78, 5) is 27.7. The van der Waals surface area contributed by atoms with Gasteiger partial charge in [-0.1, -0.05) is 0 Å². The Bertz CT molecular complexity index is 1070. The first-order valence-electron chi connectivity index (χ1n) is 7.75. The average molecular weight is 389 g/mol. The minimum atomic E-state index is -0.980. The number of nitrogens with zero attached hydrogens (tertiary/aromatic N) is 2. The van der Waals surface area contributed by atoms with E-state index in [1.165, 1.54) is 35.6 Å². The van der Waals surface area contributed by atoms with Gasteiger partial charge in [-0.15, -0.1) is 11.3 Å². The molecule has 1 aromatic heterocycles. The van der Waals surface area contributed by atoms with Crippen LogP contribution in [0.3, 0.4) is 0 Å². The molecule has 1 N–H and O–H groups in total. The fourth-order valence-corrected chi connectivity index (χ4v) is 3.36. The maximum Gasteiger partial charge on any atom is 0.272 e. The zero-order valence-corrected chi connectivity index (χ0v) is 15.1. The molecular weight excluding hydrogens is 376 g/mol. The predicted octanol–water partition coefficient (Wildman–Crippen LogP) is 4.87. The molecule has 0 aliphatic carbocycles. The quantitative estimate of drug-likeness (QED) is 0.510. The molecule has 0 aliphatic rings. The van der Waals surface area contributed by atoms with Crippen molar-refractivity contribution in [3.05, 3.63) is 74.2 Å². The lowest BCUT2D eigenvalue weighted by molar-refractivity contribution is -0.385. The maximum absolute atomic E-state index is 13.4. The van der Waals surface area contributed by atoms with Crippen molar-refractivity contribution in [3.63, 3.8) is 0 Å². The minimum absolute atomic E-state index is 0.0720. The smallest absolute Gasteiger partial charge is 0.272 e. The van der Waals surface area contributed by atoms with Crippen molar-refractivity contribution in [2.45, 2.75) is 13.8 Å². The van der Waals surface area contributed by atoms with Gasteiger partial charge in [0.25, 0.3) is 11.6 Å². The number of nitro groups is 1. The van der Waals surface area contributed by atoms with Gasteiger partial charge in [0.1, 0.15) is 0 Å². The van der Waals surface area contributed by atoms with Crippen molar-refractivity contribution in [2.24, 2.45) is 0 Å². The van der Waals surface area contributed by atoms with Gasteiger partial charge in [0.2, 0.25) is 0 Å². The SMILES string of the molecule is Cc1cc(C(=O)Nc2nc(-c3ccc(F)c(F)c3)c(C)s2)ccc1[N+](=O)[O-]. The lowest BCUT2D eigenvalue weighted by Gasteiger charge is -2.03. The van der Waals surface area contributed by atoms with Crippen LogP contribution in [0.1, 0.15) is 20.8 Å². The molecule has 0 bridgehead atoms. The van der Waals surface area contributed by atoms with Crippen LogP contribution in [0.4, 0.5) is 19.6 Å². The summed E-state index contributed by atoms with van der Waals surface area (Å²) in [6.45, 7) is 3.30. The molecule has 0 fully saturated rings. The van der Waals surface area contributed by atoms with E-state index in [9.17, 15) is 23.7 Å². The number of thiazole rings is 1. The summed E-state index contributed by atoms with van der Waals surface area (Å²) in [7, 11) is 0. The zero-order valence-electron chi connectivity index (χ0n) is 14.2. The molecule has 0 unspecified atom stereocenters. The highest BCUT2D eigenvalue weighted by molar-refractivity contribution is 7.16. The molecule has 1 amide bonds. The number of halogens is 2. The number of aryl methyl sites for hydroxylation is 2. The largest absolute Gasteiger partial charge is 0.298 e. The molecule has 1 heterocycles. The first-order valence-corrected chi connectivity index (χ1v) is 8.57. The molecule has 3 aromatic rings. The Labute approximate surface area is 156 Å². The molecule has 0 saturated carbocycles. The van der Waals surface area contributed by atoms with Gasteiger partial charge in [-0.3, -0.25) is 20.2 Å². The molecule has 0 aliphatic heterocycles. The maximum atomic E-state index is 13.4. The normalized spacial score (nSPS) is 10.7. The van der Waals surface area contributed by atoms with Crippen LogP contribution >= 0.6 is 11.3 Å². The van der Waals surface area contributed by atoms with Crippen molar-refractivity contribution in [2.75, 3.05) is 5.32 Å². The van der Waals surface area contributed by atoms with Gasteiger partial charge in [0.05, 0.1) is 10.6 Å². The van der Waals surface area contributed by atoms with E-state index in [1.54, 1.807) is 13.8 Å². The van der Waals surface area contributed by atoms with Crippen LogP contribution in [0.5, 0.6) is 0 Å². The first kappa shape index (κ1) is 18.6. The summed E-state index contributed by atoms with van der Waals surface area (Å²) in [5.41, 5.74) is 1.38. The number of carbonyl (C=O) groups excluding carboxylic acids is 1. The number of amides is 1. The monoisotopic (exact) mass is 389 g/mol. The van der Waals surface area contributed by atoms with Gasteiger partial charge in [-0.2, -0.15) is 0 Å². The Hall–Kier alpha value is -3.20. The highest BCUT2D eigenvalue weighted by atomic mass is 32.1. The third kappa shape index (κ3) is 3.82. The fourth-order valence-electron chi connectivity index (χ4n) is 2.53. The molecule has 2 aromatic carbocycles. The minimum Gasteiger partial charge on any atom is -0.298 e. The van der Waals surface area contributed by atoms with Crippen molar-refractivity contribution < 1.29 is 18.5 Å². The average Bonchev–Trinajstić information content (AvgIpc) is 2.97. The molecule has 0 spiro atoms. The second-order valence-corrected chi connectivity index (χ2v) is 6.97. The highest BCUT2D eigenvalue weighted by Crippen LogP contribution is 2.31. The molecule has 0 saturated heterocycles. The number of nitrogens with one attached hydrogen (secondary N) is 1. The van der Waals surface area contributed by atoms with Crippen LogP contribution in [-0.4, -0.2) is 15.8 Å². The zero-order chi connectivity index (χ0) is 19.7. The van der Waals surface area contributed by atoms with E-state index >= 15 is 0 Å². The number of hydrogen-bond donors (Lipinski definition) is 1. The van der Waals surface area contributed by atoms with Gasteiger partial charge < -0.3 is 0 Å². The van der Waals surface area contributed by atoms with Crippen LogP contribution < -0.4 is 5.32 Å². The molecule has 0 atom stereocenters. The van der Waals surface area contributed by atoms with Crippen molar-refractivity contribution in [1.82, 2.24) is 4.98 Å². The molecule has 0 radical (unpaired) electrons. The molecule has 27 heavy (non-hydrogen) atoms. The van der Waals surface area contributed by atoms with Gasteiger partial charge in [0.15, 0.2) is 16.8 Å². The summed E-state index contributed by atoms with van der Waals surface area (Å²) in [5.74, 6) is -2.40. The summed E-state index contributed by atoms with van der Waals surface area (Å²) >= 11 is 1.19. The van der Waals surface area contributed by atoms with E-state index < -0.39 is 22.5 Å². The van der Waals surface area contributed by atoms with E-state index in [4.69, 9.17) is 0 Å². The standard InChI is InChI=1S/C18H13F2N3O3S/c1-9-7-12(4-6-15(9)23(25)26)17(24)22-18-21-16(10(2)27-18)11-3-5-13(19)14(20)8-11/h3-8H,1-2H3,(H,21,22,24). The number of carbonyl (C=O) groups is 1. The molecule has 6 nitrogen and oxygen atoms in total. The second kappa shape index (κ2) is 7.20. The summed E-state index contributed by atoms with van der Waals surface area (Å²) in [5, 5.41) is 13.8. The Kier molecular flexibility index (Phi) is 4.95. The summed E-state index contributed by atoms with van der Waals surface area (Å²) in [6.07, 6.45) is 0. The summed E-state index contributed by atoms with van der Waals surface area (Å²) < 4.78 is 26.5. The van der Waals surface area contributed by atoms with Crippen molar-refractivity contribution in [3.8, 4) is 11.3 Å². The van der Waals surface area contributed by atoms with Crippen LogP contribution in [0.2, 0.25) is 0 Å². The van der Waals surface area contributed by atoms with E-state index in [0.717, 1.165) is 17.0 Å². The number of anilines is 1. The van der Waals surface area contributed by atoms with E-state index in [2.05, 4.69) is 10.3 Å². The van der Waals surface area contributed by atoms with Crippen LogP contribution in [0.25, 0.3) is 11.3 Å². The lowest BCUT2D eigenvalue weighted by atomic mass is 10.1. The van der Waals surface area contributed by atoms with E-state index in [1.807, 2.05) is 0 Å². The number of benzene rings is 2. The number of nitro benzene ring substituents is 1. The third-order valence-electron chi connectivity index (χ3n) is 3.87. The fraction of sp³-hybridized carbons (Fsp3) is 0.111. The number of rotatable bonds is 4. The molecular formula is C18H13F2N3O3S. The summed E-state index contributed by atoms with van der Waals surface area (Å²) in [6, 6.07) is 7.52. The molecule has 138 valence electrons. The second-order valence-electron chi connectivity index (χ2n) is 5.77. The Morgan fingerprint density at radius 1 is 1.15 bits per heavy atom. The molecule has 9 heteroatoms. The Morgan fingerprint density at radius 2 is 1.89 bits per heavy atom. The Balaban J connectivity index is 1.84. The van der Waals surface area contributed by atoms with Gasteiger partial charge in [0, 0.05) is 27.6 Å². The first-order chi connectivity index (χ1) is 12.8. The van der Waals surface area contributed by atoms with E-state index in [-0.39, 0.29) is 16.4 Å². The van der Waals surface area contributed by atoms with Crippen LogP contribution in [0.15, 0.2) is 36.4 Å². The van der Waals surface area contributed by atoms with Crippen LogP contribution in [-0.2, 0) is 0 Å². The lowest BCUT2D eigenvalue weighted by Crippen LogP contribution is -2.12. The predicted molar refractivity (Wildman–Crippen MR) is 98.0 cm³/mol. The highest BCUT2D eigenvalue weighted by Gasteiger charge is 2.17. The van der Waals surface area contributed by atoms with E-state index in [0.29, 0.717) is 16.8 Å².